The Labute approximate surface area is 109 Å². The number of methoxy groups -OCH3 is 1. The van der Waals surface area contributed by atoms with E-state index in [2.05, 4.69) is 21.0 Å². The fraction of sp³-hybridized carbons (Fsp3) is 0.0769. The maximum absolute atomic E-state index is 9.15. The van der Waals surface area contributed by atoms with E-state index in [1.165, 1.54) is 7.11 Å². The zero-order valence-corrected chi connectivity index (χ0v) is 10.1. The standard InChI is InChI=1S/C13H9N5O/c1-19-13-16-6-11(7-17-13)10-4-9(5-14)12-15-2-3-18(12)8-10/h2-4,6-8H,1H3. The highest BCUT2D eigenvalue weighted by molar-refractivity contribution is 5.68. The van der Waals surface area contributed by atoms with Gasteiger partial charge >= 0.3 is 6.01 Å². The average Bonchev–Trinajstić information content (AvgIpc) is 2.94. The number of ether oxygens (including phenoxy) is 1. The number of nitriles is 1. The molecule has 0 saturated carbocycles. The summed E-state index contributed by atoms with van der Waals surface area (Å²) >= 11 is 0. The maximum Gasteiger partial charge on any atom is 0.316 e. The Morgan fingerprint density at radius 2 is 2.00 bits per heavy atom. The summed E-state index contributed by atoms with van der Waals surface area (Å²) in [5.74, 6) is 0. The summed E-state index contributed by atoms with van der Waals surface area (Å²) in [6, 6.07) is 4.22. The van der Waals surface area contributed by atoms with E-state index >= 15 is 0 Å². The van der Waals surface area contributed by atoms with Crippen molar-refractivity contribution in [3.63, 3.8) is 0 Å². The molecule has 3 aromatic rings. The Hall–Kier alpha value is -2.94. The predicted molar refractivity (Wildman–Crippen MR) is 67.5 cm³/mol. The summed E-state index contributed by atoms with van der Waals surface area (Å²) in [4.78, 5) is 12.3. The van der Waals surface area contributed by atoms with Crippen LogP contribution in [0, 0.1) is 11.3 Å². The van der Waals surface area contributed by atoms with Crippen molar-refractivity contribution >= 4 is 5.65 Å². The van der Waals surface area contributed by atoms with Gasteiger partial charge in [-0.1, -0.05) is 0 Å². The zero-order chi connectivity index (χ0) is 13.2. The fourth-order valence-electron chi connectivity index (χ4n) is 1.84. The molecule has 0 amide bonds. The van der Waals surface area contributed by atoms with Gasteiger partial charge in [0.25, 0.3) is 0 Å². The lowest BCUT2D eigenvalue weighted by Gasteiger charge is -2.04. The fourth-order valence-corrected chi connectivity index (χ4v) is 1.84. The van der Waals surface area contributed by atoms with E-state index in [1.807, 2.05) is 6.20 Å². The van der Waals surface area contributed by atoms with Crippen molar-refractivity contribution in [2.24, 2.45) is 0 Å². The highest BCUT2D eigenvalue weighted by Crippen LogP contribution is 2.21. The molecule has 92 valence electrons. The lowest BCUT2D eigenvalue weighted by Crippen LogP contribution is -1.94. The van der Waals surface area contributed by atoms with Gasteiger partial charge in [0.15, 0.2) is 5.65 Å². The summed E-state index contributed by atoms with van der Waals surface area (Å²) in [5, 5.41) is 9.15. The normalized spacial score (nSPS) is 10.3. The Morgan fingerprint density at radius 1 is 1.21 bits per heavy atom. The predicted octanol–water partition coefficient (Wildman–Crippen LogP) is 1.67. The van der Waals surface area contributed by atoms with Crippen LogP contribution in [-0.2, 0) is 0 Å². The lowest BCUT2D eigenvalue weighted by molar-refractivity contribution is 0.380. The second kappa shape index (κ2) is 4.38. The molecule has 0 atom stereocenters. The van der Waals surface area contributed by atoms with Crippen LogP contribution in [-0.4, -0.2) is 26.5 Å². The third-order valence-corrected chi connectivity index (χ3v) is 2.75. The second-order valence-corrected chi connectivity index (χ2v) is 3.87. The summed E-state index contributed by atoms with van der Waals surface area (Å²) in [7, 11) is 1.51. The Bertz CT molecular complexity index is 770. The van der Waals surface area contributed by atoms with Crippen molar-refractivity contribution in [3.8, 4) is 23.2 Å². The molecule has 0 aliphatic rings. The molecule has 0 saturated heterocycles. The minimum atomic E-state index is 0.313. The van der Waals surface area contributed by atoms with E-state index in [4.69, 9.17) is 10.00 Å². The quantitative estimate of drug-likeness (QED) is 0.692. The van der Waals surface area contributed by atoms with Gasteiger partial charge in [-0.3, -0.25) is 0 Å². The molecule has 0 aliphatic heterocycles. The molecule has 0 N–H and O–H groups in total. The van der Waals surface area contributed by atoms with Gasteiger partial charge in [0.1, 0.15) is 6.07 Å². The molecule has 3 aromatic heterocycles. The van der Waals surface area contributed by atoms with Crippen LogP contribution in [0.2, 0.25) is 0 Å². The number of nitrogens with zero attached hydrogens (tertiary/aromatic N) is 5. The molecule has 0 spiro atoms. The number of aromatic nitrogens is 4. The molecular weight excluding hydrogens is 242 g/mol. The highest BCUT2D eigenvalue weighted by atomic mass is 16.5. The van der Waals surface area contributed by atoms with Gasteiger partial charge in [-0.25, -0.2) is 15.0 Å². The minimum absolute atomic E-state index is 0.313. The number of fused-ring (bicyclic) bond motifs is 1. The van der Waals surface area contributed by atoms with Crippen LogP contribution >= 0.6 is 0 Å². The number of rotatable bonds is 2. The highest BCUT2D eigenvalue weighted by Gasteiger charge is 2.07. The topological polar surface area (TPSA) is 76.1 Å². The van der Waals surface area contributed by atoms with Crippen molar-refractivity contribution in [3.05, 3.63) is 42.6 Å². The smallest absolute Gasteiger partial charge is 0.316 e. The first-order valence-electron chi connectivity index (χ1n) is 5.55. The average molecular weight is 251 g/mol. The summed E-state index contributed by atoms with van der Waals surface area (Å²) in [6.07, 6.45) is 8.65. The number of imidazole rings is 1. The number of hydrogen-bond donors (Lipinski definition) is 0. The molecule has 3 rings (SSSR count). The molecule has 0 aliphatic carbocycles. The summed E-state index contributed by atoms with van der Waals surface area (Å²) in [6.45, 7) is 0. The maximum atomic E-state index is 9.15. The van der Waals surface area contributed by atoms with Crippen molar-refractivity contribution < 1.29 is 4.74 Å². The zero-order valence-electron chi connectivity index (χ0n) is 10.1. The van der Waals surface area contributed by atoms with Crippen LogP contribution < -0.4 is 4.74 Å². The summed E-state index contributed by atoms with van der Waals surface area (Å²) in [5.41, 5.74) is 2.82. The van der Waals surface area contributed by atoms with Crippen molar-refractivity contribution in [1.82, 2.24) is 19.4 Å². The molecule has 0 fully saturated rings. The number of pyridine rings is 1. The van der Waals surface area contributed by atoms with Crippen LogP contribution in [0.3, 0.4) is 0 Å². The molecule has 6 heteroatoms. The van der Waals surface area contributed by atoms with Crippen LogP contribution in [0.15, 0.2) is 37.1 Å². The minimum Gasteiger partial charge on any atom is -0.467 e. The molecule has 19 heavy (non-hydrogen) atoms. The lowest BCUT2D eigenvalue weighted by atomic mass is 10.1. The Balaban J connectivity index is 2.16. The van der Waals surface area contributed by atoms with Crippen LogP contribution in [0.5, 0.6) is 6.01 Å². The largest absolute Gasteiger partial charge is 0.467 e. The molecular formula is C13H9N5O. The Kier molecular flexibility index (Phi) is 2.58. The molecule has 0 radical (unpaired) electrons. The van der Waals surface area contributed by atoms with Gasteiger partial charge in [-0.2, -0.15) is 5.26 Å². The van der Waals surface area contributed by atoms with Crippen LogP contribution in [0.4, 0.5) is 0 Å². The van der Waals surface area contributed by atoms with E-state index in [0.29, 0.717) is 17.2 Å². The van der Waals surface area contributed by atoms with E-state index in [0.717, 1.165) is 11.1 Å². The third kappa shape index (κ3) is 1.87. The van der Waals surface area contributed by atoms with Gasteiger partial charge in [0, 0.05) is 42.1 Å². The van der Waals surface area contributed by atoms with Crippen molar-refractivity contribution in [2.75, 3.05) is 7.11 Å². The number of hydrogen-bond acceptors (Lipinski definition) is 5. The van der Waals surface area contributed by atoms with E-state index in [9.17, 15) is 0 Å². The van der Waals surface area contributed by atoms with Gasteiger partial charge in [-0.05, 0) is 6.07 Å². The van der Waals surface area contributed by atoms with E-state index in [-0.39, 0.29) is 0 Å². The molecule has 0 bridgehead atoms. The van der Waals surface area contributed by atoms with Crippen molar-refractivity contribution in [2.45, 2.75) is 0 Å². The molecule has 3 heterocycles. The monoisotopic (exact) mass is 251 g/mol. The molecule has 0 unspecified atom stereocenters. The summed E-state index contributed by atoms with van der Waals surface area (Å²) < 4.78 is 6.72. The van der Waals surface area contributed by atoms with Gasteiger partial charge in [-0.15, -0.1) is 0 Å². The first-order chi connectivity index (χ1) is 9.31. The second-order valence-electron chi connectivity index (χ2n) is 3.87. The molecule has 6 nitrogen and oxygen atoms in total. The van der Waals surface area contributed by atoms with Crippen LogP contribution in [0.25, 0.3) is 16.8 Å². The van der Waals surface area contributed by atoms with Gasteiger partial charge in [0.05, 0.1) is 12.7 Å². The van der Waals surface area contributed by atoms with E-state index < -0.39 is 0 Å². The first kappa shape index (κ1) is 11.2. The van der Waals surface area contributed by atoms with Crippen molar-refractivity contribution in [1.29, 1.82) is 5.26 Å². The van der Waals surface area contributed by atoms with Gasteiger partial charge in [0.2, 0.25) is 0 Å². The molecule has 0 aromatic carbocycles. The van der Waals surface area contributed by atoms with Gasteiger partial charge < -0.3 is 9.14 Å². The third-order valence-electron chi connectivity index (χ3n) is 2.75. The van der Waals surface area contributed by atoms with Crippen LogP contribution in [0.1, 0.15) is 5.56 Å². The first-order valence-corrected chi connectivity index (χ1v) is 5.55. The SMILES string of the molecule is COc1ncc(-c2cc(C#N)c3nccn3c2)cn1. The van der Waals surface area contributed by atoms with E-state index in [1.54, 1.807) is 35.3 Å². The Morgan fingerprint density at radius 3 is 2.68 bits per heavy atom.